The van der Waals surface area contributed by atoms with E-state index >= 15 is 0 Å². The normalized spacial score (nSPS) is 12.2. The van der Waals surface area contributed by atoms with E-state index in [-0.39, 0.29) is 18.2 Å². The van der Waals surface area contributed by atoms with Crippen LogP contribution in [0, 0.1) is 0 Å². The van der Waals surface area contributed by atoms with Crippen molar-refractivity contribution >= 4 is 10.0 Å². The molecular formula is C6H11N3O3S. The number of H-pyrrole nitrogens is 1. The highest BCUT2D eigenvalue weighted by Gasteiger charge is 2.20. The van der Waals surface area contributed by atoms with Crippen molar-refractivity contribution in [2.24, 2.45) is 0 Å². The van der Waals surface area contributed by atoms with Gasteiger partial charge in [-0.1, -0.05) is 0 Å². The first-order valence-corrected chi connectivity index (χ1v) is 5.09. The molecule has 2 N–H and O–H groups in total. The Bertz CT molecular complexity index is 345. The lowest BCUT2D eigenvalue weighted by atomic mass is 10.7. The molecule has 0 saturated heterocycles. The number of aromatic amines is 1. The molecule has 0 atom stereocenters. The van der Waals surface area contributed by atoms with Gasteiger partial charge in [-0.25, -0.2) is 8.42 Å². The second-order valence-corrected chi connectivity index (χ2v) is 4.48. The van der Waals surface area contributed by atoms with E-state index in [1.807, 2.05) is 0 Å². The molecule has 0 aliphatic carbocycles. The van der Waals surface area contributed by atoms with Crippen molar-refractivity contribution in [3.05, 3.63) is 12.3 Å². The first-order chi connectivity index (χ1) is 6.09. The van der Waals surface area contributed by atoms with Crippen molar-refractivity contribution in [3.63, 3.8) is 0 Å². The lowest BCUT2D eigenvalue weighted by Crippen LogP contribution is -2.29. The average molecular weight is 205 g/mol. The van der Waals surface area contributed by atoms with E-state index in [4.69, 9.17) is 5.11 Å². The molecule has 1 heterocycles. The molecule has 0 aliphatic heterocycles. The van der Waals surface area contributed by atoms with E-state index in [0.717, 1.165) is 4.31 Å². The number of likely N-dealkylation sites (N-methyl/N-ethyl adjacent to an activating group) is 1. The van der Waals surface area contributed by atoms with Gasteiger partial charge in [0, 0.05) is 13.6 Å². The largest absolute Gasteiger partial charge is 0.395 e. The lowest BCUT2D eigenvalue weighted by molar-refractivity contribution is 0.266. The number of hydrogen-bond acceptors (Lipinski definition) is 4. The van der Waals surface area contributed by atoms with Crippen molar-refractivity contribution in [2.45, 2.75) is 5.03 Å². The van der Waals surface area contributed by atoms with E-state index in [0.29, 0.717) is 0 Å². The van der Waals surface area contributed by atoms with Crippen LogP contribution in [-0.2, 0) is 10.0 Å². The van der Waals surface area contributed by atoms with E-state index in [2.05, 4.69) is 10.2 Å². The molecule has 6 nitrogen and oxygen atoms in total. The highest BCUT2D eigenvalue weighted by molar-refractivity contribution is 7.89. The predicted octanol–water partition coefficient (Wildman–Crippen LogP) is -0.978. The predicted molar refractivity (Wildman–Crippen MR) is 45.5 cm³/mol. The fraction of sp³-hybridized carbons (Fsp3) is 0.500. The van der Waals surface area contributed by atoms with Gasteiger partial charge in [0.15, 0.2) is 5.03 Å². The smallest absolute Gasteiger partial charge is 0.259 e. The van der Waals surface area contributed by atoms with Crippen LogP contribution in [0.25, 0.3) is 0 Å². The van der Waals surface area contributed by atoms with Crippen LogP contribution in [0.2, 0.25) is 0 Å². The molecule has 0 aromatic carbocycles. The molecule has 1 aromatic rings. The summed E-state index contributed by atoms with van der Waals surface area (Å²) in [4.78, 5) is 0. The summed E-state index contributed by atoms with van der Waals surface area (Å²) in [6, 6.07) is 1.36. The molecule has 0 unspecified atom stereocenters. The molecule has 74 valence electrons. The number of aromatic nitrogens is 2. The molecule has 13 heavy (non-hydrogen) atoms. The first-order valence-electron chi connectivity index (χ1n) is 3.65. The number of sulfonamides is 1. The molecule has 0 radical (unpaired) electrons. The Morgan fingerprint density at radius 1 is 1.69 bits per heavy atom. The van der Waals surface area contributed by atoms with Crippen LogP contribution in [0.1, 0.15) is 0 Å². The summed E-state index contributed by atoms with van der Waals surface area (Å²) >= 11 is 0. The Morgan fingerprint density at radius 3 is 2.85 bits per heavy atom. The fourth-order valence-corrected chi connectivity index (χ4v) is 1.87. The molecule has 0 saturated carbocycles. The van der Waals surface area contributed by atoms with Crippen LogP contribution >= 0.6 is 0 Å². The van der Waals surface area contributed by atoms with Gasteiger partial charge in [0.1, 0.15) is 0 Å². The van der Waals surface area contributed by atoms with Crippen LogP contribution in [0.4, 0.5) is 0 Å². The van der Waals surface area contributed by atoms with Crippen molar-refractivity contribution in [3.8, 4) is 0 Å². The quantitative estimate of drug-likeness (QED) is 0.661. The van der Waals surface area contributed by atoms with Gasteiger partial charge in [-0.05, 0) is 6.07 Å². The molecule has 1 aromatic heterocycles. The van der Waals surface area contributed by atoms with Gasteiger partial charge in [-0.15, -0.1) is 0 Å². The maximum atomic E-state index is 11.5. The number of nitrogens with one attached hydrogen (secondary N) is 1. The molecule has 0 amide bonds. The number of aliphatic hydroxyl groups is 1. The molecule has 0 fully saturated rings. The SMILES string of the molecule is CN(CCO)S(=O)(=O)c1ccn[nH]1. The van der Waals surface area contributed by atoms with Crippen LogP contribution in [-0.4, -0.2) is 48.2 Å². The van der Waals surface area contributed by atoms with E-state index in [1.165, 1.54) is 19.3 Å². The summed E-state index contributed by atoms with van der Waals surface area (Å²) in [6.07, 6.45) is 1.36. The third-order valence-corrected chi connectivity index (χ3v) is 3.36. The van der Waals surface area contributed by atoms with Crippen molar-refractivity contribution in [1.82, 2.24) is 14.5 Å². The van der Waals surface area contributed by atoms with Crippen LogP contribution in [0.15, 0.2) is 17.3 Å². The zero-order valence-electron chi connectivity index (χ0n) is 7.14. The highest BCUT2D eigenvalue weighted by atomic mass is 32.2. The Labute approximate surface area is 76.2 Å². The third kappa shape index (κ3) is 2.06. The van der Waals surface area contributed by atoms with E-state index < -0.39 is 10.0 Å². The minimum absolute atomic E-state index is 0.0310. The Morgan fingerprint density at radius 2 is 2.38 bits per heavy atom. The Balaban J connectivity index is 2.90. The van der Waals surface area contributed by atoms with Gasteiger partial charge >= 0.3 is 0 Å². The minimum Gasteiger partial charge on any atom is -0.395 e. The van der Waals surface area contributed by atoms with Gasteiger partial charge < -0.3 is 5.11 Å². The summed E-state index contributed by atoms with van der Waals surface area (Å²) in [7, 11) is -2.11. The second-order valence-electron chi connectivity index (χ2n) is 2.47. The number of rotatable bonds is 4. The molecule has 7 heteroatoms. The second kappa shape index (κ2) is 3.86. The number of nitrogens with zero attached hydrogens (tertiary/aromatic N) is 2. The van der Waals surface area contributed by atoms with Gasteiger partial charge in [-0.3, -0.25) is 5.10 Å². The van der Waals surface area contributed by atoms with E-state index in [1.54, 1.807) is 0 Å². The number of hydrogen-bond donors (Lipinski definition) is 2. The van der Waals surface area contributed by atoms with Crippen LogP contribution < -0.4 is 0 Å². The van der Waals surface area contributed by atoms with Crippen LogP contribution in [0.5, 0.6) is 0 Å². The van der Waals surface area contributed by atoms with Crippen molar-refractivity contribution < 1.29 is 13.5 Å². The van der Waals surface area contributed by atoms with Gasteiger partial charge in [-0.2, -0.15) is 9.40 Å². The minimum atomic E-state index is -3.50. The lowest BCUT2D eigenvalue weighted by Gasteiger charge is -2.13. The summed E-state index contributed by atoms with van der Waals surface area (Å²) in [5.74, 6) is 0. The first kappa shape index (κ1) is 10.2. The molecule has 1 rings (SSSR count). The van der Waals surface area contributed by atoms with Gasteiger partial charge in [0.2, 0.25) is 0 Å². The highest BCUT2D eigenvalue weighted by Crippen LogP contribution is 2.08. The third-order valence-electron chi connectivity index (χ3n) is 1.58. The average Bonchev–Trinajstić information content (AvgIpc) is 2.56. The summed E-state index contributed by atoms with van der Waals surface area (Å²) in [5, 5.41) is 14.5. The van der Waals surface area contributed by atoms with Gasteiger partial charge in [0.05, 0.1) is 12.8 Å². The maximum absolute atomic E-state index is 11.5. The summed E-state index contributed by atoms with van der Waals surface area (Å²) in [6.45, 7) is -0.134. The molecule has 0 spiro atoms. The standard InChI is InChI=1S/C6H11N3O3S/c1-9(4-5-10)13(11,12)6-2-3-7-8-6/h2-3,10H,4-5H2,1H3,(H,7,8). The Kier molecular flexibility index (Phi) is 3.02. The molecule has 0 aliphatic rings. The topological polar surface area (TPSA) is 86.3 Å². The zero-order chi connectivity index (χ0) is 9.90. The Hall–Kier alpha value is -0.920. The fourth-order valence-electron chi connectivity index (χ4n) is 0.816. The van der Waals surface area contributed by atoms with E-state index in [9.17, 15) is 8.42 Å². The van der Waals surface area contributed by atoms with Crippen molar-refractivity contribution in [1.29, 1.82) is 0 Å². The van der Waals surface area contributed by atoms with Gasteiger partial charge in [0.25, 0.3) is 10.0 Å². The molecular weight excluding hydrogens is 194 g/mol. The van der Waals surface area contributed by atoms with Crippen molar-refractivity contribution in [2.75, 3.05) is 20.2 Å². The number of aliphatic hydroxyl groups excluding tert-OH is 1. The zero-order valence-corrected chi connectivity index (χ0v) is 7.95. The monoisotopic (exact) mass is 205 g/mol. The van der Waals surface area contributed by atoms with Crippen LogP contribution in [0.3, 0.4) is 0 Å². The summed E-state index contributed by atoms with van der Waals surface area (Å²) in [5.41, 5.74) is 0. The summed E-state index contributed by atoms with van der Waals surface area (Å²) < 4.78 is 24.1. The maximum Gasteiger partial charge on any atom is 0.259 e. The molecule has 0 bridgehead atoms.